The summed E-state index contributed by atoms with van der Waals surface area (Å²) in [6.45, 7) is 1.91. The molecule has 0 radical (unpaired) electrons. The molecule has 4 aromatic rings. The van der Waals surface area contributed by atoms with E-state index in [1.54, 1.807) is 30.3 Å². The summed E-state index contributed by atoms with van der Waals surface area (Å²) in [5, 5.41) is 4.81. The number of halogens is 2. The van der Waals surface area contributed by atoms with Gasteiger partial charge in [0.15, 0.2) is 5.76 Å². The number of hydrogen-bond donors (Lipinski definition) is 1. The molecule has 0 bridgehead atoms. The van der Waals surface area contributed by atoms with Crippen LogP contribution in [0.5, 0.6) is 0 Å². The SMILES string of the molecule is Cc1ccc2cccc(NC(=O)c3ccc(-c4ccc(Cl)cc4Cl)o3)c2n1. The Labute approximate surface area is 165 Å². The number of carbonyl (C=O) groups is 1. The van der Waals surface area contributed by atoms with E-state index in [2.05, 4.69) is 10.3 Å². The lowest BCUT2D eigenvalue weighted by atomic mass is 10.1. The second-order valence-electron chi connectivity index (χ2n) is 6.07. The van der Waals surface area contributed by atoms with Gasteiger partial charge >= 0.3 is 0 Å². The van der Waals surface area contributed by atoms with E-state index in [-0.39, 0.29) is 11.7 Å². The molecule has 0 aliphatic carbocycles. The van der Waals surface area contributed by atoms with Crippen molar-refractivity contribution < 1.29 is 9.21 Å². The maximum absolute atomic E-state index is 12.6. The average molecular weight is 397 g/mol. The summed E-state index contributed by atoms with van der Waals surface area (Å²) in [6.07, 6.45) is 0. The van der Waals surface area contributed by atoms with Crippen LogP contribution in [0.1, 0.15) is 16.2 Å². The predicted molar refractivity (Wildman–Crippen MR) is 109 cm³/mol. The van der Waals surface area contributed by atoms with Gasteiger partial charge in [-0.05, 0) is 49.4 Å². The number of pyridine rings is 1. The van der Waals surface area contributed by atoms with Gasteiger partial charge < -0.3 is 9.73 Å². The Bertz CT molecular complexity index is 1170. The third-order valence-electron chi connectivity index (χ3n) is 4.13. The van der Waals surface area contributed by atoms with E-state index < -0.39 is 0 Å². The standard InChI is InChI=1S/C21H14Cl2N2O2/c1-12-5-6-13-3-2-4-17(20(13)24-12)25-21(26)19-10-9-18(27-19)15-8-7-14(22)11-16(15)23/h2-11H,1H3,(H,25,26). The first-order valence-corrected chi connectivity index (χ1v) is 9.00. The minimum Gasteiger partial charge on any atom is -0.451 e. The summed E-state index contributed by atoms with van der Waals surface area (Å²) in [4.78, 5) is 17.2. The number of furan rings is 1. The van der Waals surface area contributed by atoms with Crippen LogP contribution in [0.15, 0.2) is 65.1 Å². The van der Waals surface area contributed by atoms with Crippen molar-refractivity contribution in [3.05, 3.63) is 82.2 Å². The molecule has 6 heteroatoms. The third kappa shape index (κ3) is 3.54. The molecule has 0 atom stereocenters. The van der Waals surface area contributed by atoms with Crippen LogP contribution in [0.2, 0.25) is 10.0 Å². The molecule has 134 valence electrons. The molecular formula is C21H14Cl2N2O2. The molecule has 0 spiro atoms. The zero-order chi connectivity index (χ0) is 19.0. The van der Waals surface area contributed by atoms with Crippen LogP contribution in [-0.4, -0.2) is 10.9 Å². The van der Waals surface area contributed by atoms with Gasteiger partial charge in [0.05, 0.1) is 16.2 Å². The molecule has 2 heterocycles. The van der Waals surface area contributed by atoms with Crippen LogP contribution in [0, 0.1) is 6.92 Å². The van der Waals surface area contributed by atoms with Crippen LogP contribution in [0.3, 0.4) is 0 Å². The molecule has 0 saturated heterocycles. The van der Waals surface area contributed by atoms with Gasteiger partial charge in [0.25, 0.3) is 5.91 Å². The van der Waals surface area contributed by atoms with Gasteiger partial charge in [-0.15, -0.1) is 0 Å². The number of nitrogens with zero attached hydrogens (tertiary/aromatic N) is 1. The van der Waals surface area contributed by atoms with E-state index in [0.29, 0.717) is 27.1 Å². The van der Waals surface area contributed by atoms with Crippen molar-refractivity contribution in [3.8, 4) is 11.3 Å². The maximum atomic E-state index is 12.6. The quantitative estimate of drug-likeness (QED) is 0.438. The van der Waals surface area contributed by atoms with Crippen LogP contribution in [-0.2, 0) is 0 Å². The Morgan fingerprint density at radius 3 is 2.70 bits per heavy atom. The zero-order valence-corrected chi connectivity index (χ0v) is 15.8. The van der Waals surface area contributed by atoms with E-state index in [1.165, 1.54) is 0 Å². The lowest BCUT2D eigenvalue weighted by Gasteiger charge is -2.07. The van der Waals surface area contributed by atoms with Gasteiger partial charge in [-0.1, -0.05) is 41.4 Å². The molecule has 2 aromatic heterocycles. The van der Waals surface area contributed by atoms with Gasteiger partial charge in [0.2, 0.25) is 0 Å². The van der Waals surface area contributed by atoms with Gasteiger partial charge in [0, 0.05) is 21.7 Å². The summed E-state index contributed by atoms with van der Waals surface area (Å²) in [5.41, 5.74) is 2.91. The number of rotatable bonds is 3. The Morgan fingerprint density at radius 1 is 1.04 bits per heavy atom. The first kappa shape index (κ1) is 17.6. The van der Waals surface area contributed by atoms with Crippen LogP contribution >= 0.6 is 23.2 Å². The van der Waals surface area contributed by atoms with E-state index in [0.717, 1.165) is 16.6 Å². The molecule has 0 unspecified atom stereocenters. The van der Waals surface area contributed by atoms with Crippen molar-refractivity contribution in [2.45, 2.75) is 6.92 Å². The van der Waals surface area contributed by atoms with Crippen molar-refractivity contribution in [2.75, 3.05) is 5.32 Å². The van der Waals surface area contributed by atoms with Crippen LogP contribution in [0.25, 0.3) is 22.2 Å². The fraction of sp³-hybridized carbons (Fsp3) is 0.0476. The number of amides is 1. The summed E-state index contributed by atoms with van der Waals surface area (Å²) >= 11 is 12.1. The second kappa shape index (κ2) is 7.06. The normalized spacial score (nSPS) is 10.9. The highest BCUT2D eigenvalue weighted by Gasteiger charge is 2.15. The van der Waals surface area contributed by atoms with Crippen molar-refractivity contribution in [2.24, 2.45) is 0 Å². The third-order valence-corrected chi connectivity index (χ3v) is 4.68. The van der Waals surface area contributed by atoms with E-state index in [4.69, 9.17) is 27.6 Å². The number of benzene rings is 2. The van der Waals surface area contributed by atoms with Crippen molar-refractivity contribution in [1.82, 2.24) is 4.98 Å². The largest absolute Gasteiger partial charge is 0.451 e. The Hall–Kier alpha value is -2.82. The fourth-order valence-corrected chi connectivity index (χ4v) is 3.33. The van der Waals surface area contributed by atoms with Crippen molar-refractivity contribution in [3.63, 3.8) is 0 Å². The van der Waals surface area contributed by atoms with Crippen LogP contribution in [0.4, 0.5) is 5.69 Å². The molecule has 2 aromatic carbocycles. The Balaban J connectivity index is 1.63. The molecule has 4 nitrogen and oxygen atoms in total. The fourth-order valence-electron chi connectivity index (χ4n) is 2.82. The van der Waals surface area contributed by atoms with Crippen molar-refractivity contribution in [1.29, 1.82) is 0 Å². The maximum Gasteiger partial charge on any atom is 0.291 e. The predicted octanol–water partition coefficient (Wildman–Crippen LogP) is 6.36. The monoisotopic (exact) mass is 396 g/mol. The molecule has 0 aliphatic rings. The minimum atomic E-state index is -0.359. The zero-order valence-electron chi connectivity index (χ0n) is 14.3. The van der Waals surface area contributed by atoms with E-state index in [1.807, 2.05) is 37.3 Å². The summed E-state index contributed by atoms with van der Waals surface area (Å²) < 4.78 is 5.70. The van der Waals surface area contributed by atoms with E-state index in [9.17, 15) is 4.79 Å². The second-order valence-corrected chi connectivity index (χ2v) is 6.92. The smallest absolute Gasteiger partial charge is 0.291 e. The summed E-state index contributed by atoms with van der Waals surface area (Å²) in [7, 11) is 0. The molecule has 1 N–H and O–H groups in total. The highest BCUT2D eigenvalue weighted by atomic mass is 35.5. The van der Waals surface area contributed by atoms with Crippen molar-refractivity contribution >= 4 is 45.7 Å². The lowest BCUT2D eigenvalue weighted by molar-refractivity contribution is 0.0997. The number of hydrogen-bond acceptors (Lipinski definition) is 3. The molecule has 4 rings (SSSR count). The first-order chi connectivity index (χ1) is 13.0. The highest BCUT2D eigenvalue weighted by molar-refractivity contribution is 6.36. The minimum absolute atomic E-state index is 0.181. The molecule has 1 amide bonds. The van der Waals surface area contributed by atoms with E-state index >= 15 is 0 Å². The molecule has 27 heavy (non-hydrogen) atoms. The van der Waals surface area contributed by atoms with Crippen LogP contribution < -0.4 is 5.32 Å². The molecule has 0 fully saturated rings. The Morgan fingerprint density at radius 2 is 1.89 bits per heavy atom. The van der Waals surface area contributed by atoms with Gasteiger partial charge in [0.1, 0.15) is 5.76 Å². The molecule has 0 aliphatic heterocycles. The molecular weight excluding hydrogens is 383 g/mol. The Kier molecular flexibility index (Phi) is 4.60. The number of fused-ring (bicyclic) bond motifs is 1. The molecule has 0 saturated carbocycles. The number of carbonyl (C=O) groups excluding carboxylic acids is 1. The lowest BCUT2D eigenvalue weighted by Crippen LogP contribution is -2.11. The van der Waals surface area contributed by atoms with Gasteiger partial charge in [-0.3, -0.25) is 9.78 Å². The number of aryl methyl sites for hydroxylation is 1. The number of para-hydroxylation sites is 1. The van der Waals surface area contributed by atoms with Gasteiger partial charge in [-0.2, -0.15) is 0 Å². The summed E-state index contributed by atoms with van der Waals surface area (Å²) in [6, 6.07) is 18.0. The number of nitrogens with one attached hydrogen (secondary N) is 1. The first-order valence-electron chi connectivity index (χ1n) is 8.24. The summed E-state index contributed by atoms with van der Waals surface area (Å²) in [5.74, 6) is 0.316. The average Bonchev–Trinajstić information content (AvgIpc) is 3.12. The highest BCUT2D eigenvalue weighted by Crippen LogP contribution is 2.32. The van der Waals surface area contributed by atoms with Gasteiger partial charge in [-0.25, -0.2) is 0 Å². The number of anilines is 1. The number of aromatic nitrogens is 1. The topological polar surface area (TPSA) is 55.1 Å².